The highest BCUT2D eigenvalue weighted by Gasteiger charge is 2.24. The largest absolute Gasteiger partial charge is 0.493 e. The van der Waals surface area contributed by atoms with E-state index in [2.05, 4.69) is 22.5 Å². The van der Waals surface area contributed by atoms with Crippen LogP contribution in [0.25, 0.3) is 11.3 Å². The average Bonchev–Trinajstić information content (AvgIpc) is 3.09. The van der Waals surface area contributed by atoms with Crippen LogP contribution < -0.4 is 10.6 Å². The fourth-order valence-electron chi connectivity index (χ4n) is 3.41. The van der Waals surface area contributed by atoms with Crippen LogP contribution in [0, 0.1) is 11.6 Å². The predicted octanol–water partition coefficient (Wildman–Crippen LogP) is 5.20. The van der Waals surface area contributed by atoms with Crippen molar-refractivity contribution >= 4 is 0 Å². The molecule has 1 aromatic carbocycles. The zero-order valence-corrected chi connectivity index (χ0v) is 17.0. The lowest BCUT2D eigenvalue weighted by Crippen LogP contribution is -2.20. The second-order valence-electron chi connectivity index (χ2n) is 7.94. The van der Waals surface area contributed by atoms with E-state index in [1.54, 1.807) is 6.92 Å². The highest BCUT2D eigenvalue weighted by atomic mass is 19.1. The molecule has 0 amide bonds. The fraction of sp³-hybridized carbons (Fsp3) is 0.409. The molecular formula is C22H26F3N3O. The molecule has 1 aliphatic rings. The Morgan fingerprint density at radius 1 is 1.24 bits per heavy atom. The molecule has 4 nitrogen and oxygen atoms in total. The van der Waals surface area contributed by atoms with Gasteiger partial charge in [0, 0.05) is 41.6 Å². The van der Waals surface area contributed by atoms with Crippen LogP contribution in [0.4, 0.5) is 13.2 Å². The topological polar surface area (TPSA) is 57.2 Å². The first-order valence-electron chi connectivity index (χ1n) is 9.70. The first-order chi connectivity index (χ1) is 13.6. The normalized spacial score (nSPS) is 17.6. The summed E-state index contributed by atoms with van der Waals surface area (Å²) < 4.78 is 43.9. The fourth-order valence-corrected chi connectivity index (χ4v) is 3.41. The average molecular weight is 405 g/mol. The summed E-state index contributed by atoms with van der Waals surface area (Å²) >= 11 is 0. The van der Waals surface area contributed by atoms with Gasteiger partial charge in [-0.25, -0.2) is 18.2 Å². The highest BCUT2D eigenvalue weighted by Crippen LogP contribution is 2.33. The molecule has 7 heteroatoms. The molecule has 0 radical (unpaired) electrons. The Hall–Kier alpha value is -2.70. The minimum Gasteiger partial charge on any atom is -0.493 e. The van der Waals surface area contributed by atoms with E-state index in [4.69, 9.17) is 0 Å². The van der Waals surface area contributed by atoms with E-state index in [9.17, 15) is 18.3 Å². The van der Waals surface area contributed by atoms with Crippen molar-refractivity contribution in [2.24, 2.45) is 0 Å². The molecule has 29 heavy (non-hydrogen) atoms. The Morgan fingerprint density at radius 2 is 1.97 bits per heavy atom. The van der Waals surface area contributed by atoms with Gasteiger partial charge in [-0.3, -0.25) is 0 Å². The second kappa shape index (κ2) is 7.97. The van der Waals surface area contributed by atoms with Crippen LogP contribution in [0.5, 0.6) is 5.88 Å². The Kier molecular flexibility index (Phi) is 5.78. The van der Waals surface area contributed by atoms with Gasteiger partial charge < -0.3 is 15.7 Å². The van der Waals surface area contributed by atoms with Gasteiger partial charge in [-0.1, -0.05) is 6.92 Å². The number of pyridine rings is 1. The number of benzene rings is 1. The molecule has 2 aromatic rings. The van der Waals surface area contributed by atoms with E-state index in [1.165, 1.54) is 26.0 Å². The number of halogens is 3. The quantitative estimate of drug-likeness (QED) is 0.618. The van der Waals surface area contributed by atoms with Gasteiger partial charge in [-0.05, 0) is 51.0 Å². The van der Waals surface area contributed by atoms with E-state index in [1.807, 2.05) is 6.20 Å². The van der Waals surface area contributed by atoms with Crippen molar-refractivity contribution in [2.75, 3.05) is 0 Å². The Labute approximate surface area is 168 Å². The SMILES string of the molecule is CCC1CC(NC(C)c2cc(F)c(-c3cc(C(C)(C)F)cc(O)n3)cc2F)=CN1. The van der Waals surface area contributed by atoms with Crippen molar-refractivity contribution in [2.45, 2.75) is 58.3 Å². The minimum absolute atomic E-state index is 0.0252. The maximum Gasteiger partial charge on any atom is 0.211 e. The summed E-state index contributed by atoms with van der Waals surface area (Å²) in [4.78, 5) is 3.84. The number of nitrogens with one attached hydrogen (secondary N) is 2. The number of aromatic hydroxyl groups is 1. The second-order valence-corrected chi connectivity index (χ2v) is 7.94. The van der Waals surface area contributed by atoms with Crippen molar-refractivity contribution in [3.05, 3.63) is 58.9 Å². The third-order valence-corrected chi connectivity index (χ3v) is 5.18. The lowest BCUT2D eigenvalue weighted by Gasteiger charge is -2.19. The van der Waals surface area contributed by atoms with Gasteiger partial charge >= 0.3 is 0 Å². The van der Waals surface area contributed by atoms with Gasteiger partial charge in [0.15, 0.2) is 0 Å². The molecule has 0 aliphatic carbocycles. The zero-order chi connectivity index (χ0) is 21.3. The molecule has 1 aromatic heterocycles. The van der Waals surface area contributed by atoms with Crippen molar-refractivity contribution < 1.29 is 18.3 Å². The Bertz CT molecular complexity index is 938. The van der Waals surface area contributed by atoms with Gasteiger partial charge in [0.2, 0.25) is 5.88 Å². The number of rotatable bonds is 6. The van der Waals surface area contributed by atoms with Crippen molar-refractivity contribution in [1.29, 1.82) is 0 Å². The summed E-state index contributed by atoms with van der Waals surface area (Å²) in [5, 5.41) is 16.3. The maximum absolute atomic E-state index is 14.8. The molecular weight excluding hydrogens is 379 g/mol. The third-order valence-electron chi connectivity index (χ3n) is 5.18. The molecule has 2 atom stereocenters. The first kappa shape index (κ1) is 21.0. The van der Waals surface area contributed by atoms with Gasteiger partial charge in [-0.15, -0.1) is 0 Å². The Morgan fingerprint density at radius 3 is 2.59 bits per heavy atom. The number of hydrogen-bond donors (Lipinski definition) is 3. The van der Waals surface area contributed by atoms with Crippen molar-refractivity contribution in [1.82, 2.24) is 15.6 Å². The highest BCUT2D eigenvalue weighted by molar-refractivity contribution is 5.63. The molecule has 156 valence electrons. The third kappa shape index (κ3) is 4.66. The van der Waals surface area contributed by atoms with Crippen molar-refractivity contribution in [3.63, 3.8) is 0 Å². The van der Waals surface area contributed by atoms with Crippen LogP contribution >= 0.6 is 0 Å². The predicted molar refractivity (Wildman–Crippen MR) is 107 cm³/mol. The van der Waals surface area contributed by atoms with E-state index in [0.29, 0.717) is 6.04 Å². The summed E-state index contributed by atoms with van der Waals surface area (Å²) in [5.74, 6) is -1.75. The maximum atomic E-state index is 14.8. The molecule has 2 unspecified atom stereocenters. The Balaban J connectivity index is 1.89. The lowest BCUT2D eigenvalue weighted by atomic mass is 9.97. The monoisotopic (exact) mass is 405 g/mol. The van der Waals surface area contributed by atoms with Crippen LogP contribution in [0.2, 0.25) is 0 Å². The molecule has 0 spiro atoms. The van der Waals surface area contributed by atoms with E-state index >= 15 is 0 Å². The van der Waals surface area contributed by atoms with Crippen LogP contribution in [-0.2, 0) is 5.67 Å². The van der Waals surface area contributed by atoms with Crippen molar-refractivity contribution in [3.8, 4) is 17.1 Å². The number of aromatic nitrogens is 1. The summed E-state index contributed by atoms with van der Waals surface area (Å²) in [6, 6.07) is 4.55. The van der Waals surface area contributed by atoms with Gasteiger partial charge in [0.1, 0.15) is 17.3 Å². The van der Waals surface area contributed by atoms with E-state index in [0.717, 1.165) is 30.7 Å². The minimum atomic E-state index is -1.76. The number of alkyl halides is 1. The lowest BCUT2D eigenvalue weighted by molar-refractivity contribution is 0.220. The molecule has 2 heterocycles. The van der Waals surface area contributed by atoms with Crippen LogP contribution in [0.1, 0.15) is 57.7 Å². The van der Waals surface area contributed by atoms with Gasteiger partial charge in [0.05, 0.1) is 11.7 Å². The summed E-state index contributed by atoms with van der Waals surface area (Å²) in [5.41, 5.74) is -0.668. The first-order valence-corrected chi connectivity index (χ1v) is 9.70. The summed E-state index contributed by atoms with van der Waals surface area (Å²) in [7, 11) is 0. The molecule has 0 bridgehead atoms. The van der Waals surface area contributed by atoms with Crippen LogP contribution in [0.15, 0.2) is 36.2 Å². The molecule has 0 fully saturated rings. The zero-order valence-electron chi connectivity index (χ0n) is 17.0. The number of hydrogen-bond acceptors (Lipinski definition) is 4. The molecule has 0 saturated heterocycles. The molecule has 3 N–H and O–H groups in total. The van der Waals surface area contributed by atoms with E-state index in [-0.39, 0.29) is 22.4 Å². The van der Waals surface area contributed by atoms with Crippen LogP contribution in [0.3, 0.4) is 0 Å². The molecule has 0 saturated carbocycles. The van der Waals surface area contributed by atoms with Gasteiger partial charge in [-0.2, -0.15) is 0 Å². The summed E-state index contributed by atoms with van der Waals surface area (Å²) in [6.45, 7) is 6.47. The molecule has 1 aliphatic heterocycles. The van der Waals surface area contributed by atoms with E-state index < -0.39 is 29.2 Å². The smallest absolute Gasteiger partial charge is 0.211 e. The molecule has 3 rings (SSSR count). The standard InChI is InChI=1S/C22H26F3N3O/c1-5-14-8-15(11-26-14)27-12(2)16-9-19(24)17(10-18(16)23)20-6-13(22(3,4)25)7-21(29)28-20/h6-7,9-12,14,26-27H,5,8H2,1-4H3,(H,28,29). The van der Waals surface area contributed by atoms with Crippen LogP contribution in [-0.4, -0.2) is 16.1 Å². The van der Waals surface area contributed by atoms with Gasteiger partial charge in [0.25, 0.3) is 0 Å². The summed E-state index contributed by atoms with van der Waals surface area (Å²) in [6.07, 6.45) is 3.64. The number of nitrogens with zero attached hydrogens (tertiary/aromatic N) is 1.